The number of hydrogen-bond acceptors (Lipinski definition) is 5. The first-order valence-electron chi connectivity index (χ1n) is 10.5. The van der Waals surface area contributed by atoms with Gasteiger partial charge in [0.05, 0.1) is 23.2 Å². The lowest BCUT2D eigenvalue weighted by molar-refractivity contribution is -0.140. The van der Waals surface area contributed by atoms with E-state index in [0.29, 0.717) is 6.42 Å². The SMILES string of the molecule is CNC(=O)[C@H]1[C@@H]2SC3(CC2Br)C(C(=O)NC(C)(C)CC(C)(C)C)N(CCO)C(=O)[C@H]13. The summed E-state index contributed by atoms with van der Waals surface area (Å²) in [6.07, 6.45) is 1.42. The highest BCUT2D eigenvalue weighted by molar-refractivity contribution is 9.09. The molecule has 0 radical (unpaired) electrons. The number of aliphatic hydroxyl groups is 1. The average molecular weight is 504 g/mol. The third-order valence-corrected chi connectivity index (χ3v) is 9.58. The zero-order chi connectivity index (χ0) is 22.6. The molecule has 7 nitrogen and oxygen atoms in total. The molecule has 0 saturated carbocycles. The number of nitrogens with one attached hydrogen (secondary N) is 2. The summed E-state index contributed by atoms with van der Waals surface area (Å²) in [7, 11) is 1.58. The van der Waals surface area contributed by atoms with Crippen molar-refractivity contribution < 1.29 is 19.5 Å². The van der Waals surface area contributed by atoms with E-state index in [1.165, 1.54) is 4.90 Å². The molecule has 170 valence electrons. The Morgan fingerprint density at radius 2 is 1.90 bits per heavy atom. The average Bonchev–Trinajstić information content (AvgIpc) is 3.16. The van der Waals surface area contributed by atoms with Crippen molar-refractivity contribution in [2.45, 2.75) is 73.9 Å². The van der Waals surface area contributed by atoms with E-state index in [9.17, 15) is 19.5 Å². The number of carbonyl (C=O) groups is 3. The van der Waals surface area contributed by atoms with Gasteiger partial charge in [-0.15, -0.1) is 11.8 Å². The standard InChI is InChI=1S/C21H34BrN3O4S/c1-19(2,3)10-20(4,5)24-17(28)15-21-9-11(22)14(30-21)12(16(27)23-6)13(21)18(29)25(15)7-8-26/h11-15,26H,7-10H2,1-6H3,(H,23,27)(H,24,28)/t11?,12-,13+,14-,15?,21?/m1/s1. The molecular formula is C21H34BrN3O4S. The molecular weight excluding hydrogens is 470 g/mol. The van der Waals surface area contributed by atoms with Gasteiger partial charge < -0.3 is 20.6 Å². The zero-order valence-electron chi connectivity index (χ0n) is 18.6. The predicted molar refractivity (Wildman–Crippen MR) is 121 cm³/mol. The minimum Gasteiger partial charge on any atom is -0.395 e. The minimum absolute atomic E-state index is 0.0275. The van der Waals surface area contributed by atoms with E-state index >= 15 is 0 Å². The lowest BCUT2D eigenvalue weighted by atomic mass is 9.70. The molecule has 3 aliphatic rings. The van der Waals surface area contributed by atoms with Crippen LogP contribution >= 0.6 is 27.7 Å². The third kappa shape index (κ3) is 3.90. The summed E-state index contributed by atoms with van der Waals surface area (Å²) >= 11 is 5.32. The van der Waals surface area contributed by atoms with Crippen LogP contribution in [0.5, 0.6) is 0 Å². The molecule has 0 aromatic heterocycles. The molecule has 3 fully saturated rings. The van der Waals surface area contributed by atoms with Gasteiger partial charge in [0.15, 0.2) is 0 Å². The zero-order valence-corrected chi connectivity index (χ0v) is 21.0. The van der Waals surface area contributed by atoms with Crippen molar-refractivity contribution in [1.29, 1.82) is 0 Å². The Morgan fingerprint density at radius 1 is 1.27 bits per heavy atom. The van der Waals surface area contributed by atoms with E-state index in [4.69, 9.17) is 0 Å². The molecule has 3 aliphatic heterocycles. The van der Waals surface area contributed by atoms with E-state index < -0.39 is 28.2 Å². The van der Waals surface area contributed by atoms with Crippen LogP contribution in [0.25, 0.3) is 0 Å². The van der Waals surface area contributed by atoms with Crippen molar-refractivity contribution >= 4 is 45.4 Å². The normalized spacial score (nSPS) is 35.5. The maximum atomic E-state index is 13.6. The monoisotopic (exact) mass is 503 g/mol. The maximum absolute atomic E-state index is 13.6. The van der Waals surface area contributed by atoms with Crippen LogP contribution in [0.2, 0.25) is 0 Å². The van der Waals surface area contributed by atoms with E-state index in [1.54, 1.807) is 18.8 Å². The quantitative estimate of drug-likeness (QED) is 0.477. The highest BCUT2D eigenvalue weighted by Gasteiger charge is 2.75. The molecule has 9 heteroatoms. The highest BCUT2D eigenvalue weighted by Crippen LogP contribution is 2.67. The molecule has 1 spiro atoms. The van der Waals surface area contributed by atoms with Crippen LogP contribution in [-0.4, -0.2) is 74.3 Å². The number of likely N-dealkylation sites (tertiary alicyclic amines) is 1. The molecule has 3 rings (SSSR count). The van der Waals surface area contributed by atoms with Crippen molar-refractivity contribution in [3.05, 3.63) is 0 Å². The Labute approximate surface area is 191 Å². The lowest BCUT2D eigenvalue weighted by Gasteiger charge is -2.39. The summed E-state index contributed by atoms with van der Waals surface area (Å²) in [5.41, 5.74) is -0.424. The molecule has 3 unspecified atom stereocenters. The predicted octanol–water partition coefficient (Wildman–Crippen LogP) is 1.52. The molecule has 3 saturated heterocycles. The number of amides is 3. The molecule has 0 aromatic rings. The van der Waals surface area contributed by atoms with Crippen LogP contribution in [-0.2, 0) is 14.4 Å². The summed E-state index contributed by atoms with van der Waals surface area (Å²) in [5.74, 6) is -1.57. The summed E-state index contributed by atoms with van der Waals surface area (Å²) in [4.78, 5) is 41.3. The number of rotatable bonds is 6. The molecule has 0 aliphatic carbocycles. The molecule has 3 N–H and O–H groups in total. The largest absolute Gasteiger partial charge is 0.395 e. The van der Waals surface area contributed by atoms with E-state index in [0.717, 1.165) is 6.42 Å². The minimum atomic E-state index is -0.703. The number of aliphatic hydroxyl groups excluding tert-OH is 1. The topological polar surface area (TPSA) is 98.7 Å². The van der Waals surface area contributed by atoms with Crippen molar-refractivity contribution in [1.82, 2.24) is 15.5 Å². The van der Waals surface area contributed by atoms with Crippen molar-refractivity contribution in [3.8, 4) is 0 Å². The number of halogens is 1. The van der Waals surface area contributed by atoms with Gasteiger partial charge in [0, 0.05) is 29.2 Å². The second-order valence-electron chi connectivity index (χ2n) is 10.6. The van der Waals surface area contributed by atoms with Crippen molar-refractivity contribution in [3.63, 3.8) is 0 Å². The first-order chi connectivity index (χ1) is 13.8. The summed E-state index contributed by atoms with van der Waals surface area (Å²) < 4.78 is -0.663. The van der Waals surface area contributed by atoms with Crippen molar-refractivity contribution in [2.24, 2.45) is 17.3 Å². The number of fused-ring (bicyclic) bond motifs is 1. The summed E-state index contributed by atoms with van der Waals surface area (Å²) in [6, 6.07) is -0.703. The fourth-order valence-electron chi connectivity index (χ4n) is 6.02. The van der Waals surface area contributed by atoms with Gasteiger partial charge in [0.25, 0.3) is 0 Å². The van der Waals surface area contributed by atoms with Crippen LogP contribution in [0, 0.1) is 17.3 Å². The molecule has 3 amide bonds. The van der Waals surface area contributed by atoms with E-state index in [-0.39, 0.29) is 46.4 Å². The first-order valence-corrected chi connectivity index (χ1v) is 12.3. The van der Waals surface area contributed by atoms with Gasteiger partial charge in [-0.05, 0) is 32.1 Å². The summed E-state index contributed by atoms with van der Waals surface area (Å²) in [6.45, 7) is 10.3. The van der Waals surface area contributed by atoms with Crippen LogP contribution in [0.3, 0.4) is 0 Å². The Hall–Kier alpha value is -0.800. The van der Waals surface area contributed by atoms with Crippen LogP contribution in [0.1, 0.15) is 47.5 Å². The van der Waals surface area contributed by atoms with Crippen LogP contribution in [0.4, 0.5) is 0 Å². The van der Waals surface area contributed by atoms with Gasteiger partial charge in [-0.1, -0.05) is 36.7 Å². The number of nitrogens with zero attached hydrogens (tertiary/aromatic N) is 1. The van der Waals surface area contributed by atoms with Gasteiger partial charge in [-0.2, -0.15) is 0 Å². The number of carbonyl (C=O) groups excluding carboxylic acids is 3. The van der Waals surface area contributed by atoms with Crippen LogP contribution < -0.4 is 10.6 Å². The third-order valence-electron chi connectivity index (χ3n) is 6.36. The number of hydrogen-bond donors (Lipinski definition) is 3. The fraction of sp³-hybridized carbons (Fsp3) is 0.857. The fourth-order valence-corrected chi connectivity index (χ4v) is 9.63. The van der Waals surface area contributed by atoms with Gasteiger partial charge in [-0.25, -0.2) is 0 Å². The maximum Gasteiger partial charge on any atom is 0.244 e. The van der Waals surface area contributed by atoms with E-state index in [2.05, 4.69) is 47.3 Å². The van der Waals surface area contributed by atoms with Crippen molar-refractivity contribution in [2.75, 3.05) is 20.2 Å². The smallest absolute Gasteiger partial charge is 0.244 e. The Balaban J connectivity index is 1.97. The molecule has 0 aromatic carbocycles. The molecule has 3 heterocycles. The Morgan fingerprint density at radius 3 is 2.43 bits per heavy atom. The van der Waals surface area contributed by atoms with Gasteiger partial charge in [-0.3, -0.25) is 14.4 Å². The van der Waals surface area contributed by atoms with Gasteiger partial charge in [0.2, 0.25) is 17.7 Å². The highest BCUT2D eigenvalue weighted by atomic mass is 79.9. The Bertz CT molecular complexity index is 740. The number of thioether (sulfide) groups is 1. The number of alkyl halides is 1. The lowest BCUT2D eigenvalue weighted by Crippen LogP contribution is -2.59. The second kappa shape index (κ2) is 7.96. The van der Waals surface area contributed by atoms with Gasteiger partial charge in [0.1, 0.15) is 6.04 Å². The molecule has 30 heavy (non-hydrogen) atoms. The second-order valence-corrected chi connectivity index (χ2v) is 13.4. The first kappa shape index (κ1) is 23.9. The summed E-state index contributed by atoms with van der Waals surface area (Å²) in [5, 5.41) is 15.5. The molecule has 2 bridgehead atoms. The van der Waals surface area contributed by atoms with E-state index in [1.807, 2.05) is 13.8 Å². The van der Waals surface area contributed by atoms with Gasteiger partial charge >= 0.3 is 0 Å². The number of β-amino-alcohol motifs (C(OH)–C–C–N with tert-alkyl or cyclic N) is 1. The molecule has 6 atom stereocenters. The van der Waals surface area contributed by atoms with Crippen LogP contribution in [0.15, 0.2) is 0 Å². The Kier molecular flexibility index (Phi) is 6.33.